The van der Waals surface area contributed by atoms with E-state index in [9.17, 15) is 4.79 Å². The van der Waals surface area contributed by atoms with Gasteiger partial charge < -0.3 is 15.0 Å². The van der Waals surface area contributed by atoms with Gasteiger partial charge in [0, 0.05) is 36.8 Å². The molecule has 3 rings (SSSR count). The molecule has 2 aromatic rings. The Labute approximate surface area is 176 Å². The fraction of sp³-hybridized carbons (Fsp3) is 0.409. The van der Waals surface area contributed by atoms with Crippen LogP contribution in [0.1, 0.15) is 24.0 Å². The molecule has 1 amide bonds. The maximum absolute atomic E-state index is 12.2. The van der Waals surface area contributed by atoms with Crippen molar-refractivity contribution in [3.05, 3.63) is 57.6 Å². The average molecular weight is 421 g/mol. The smallest absolute Gasteiger partial charge is 0.220 e. The van der Waals surface area contributed by atoms with Gasteiger partial charge in [-0.15, -0.1) is 0 Å². The molecule has 1 saturated heterocycles. The number of hydrogen-bond acceptors (Lipinski definition) is 3. The van der Waals surface area contributed by atoms with Gasteiger partial charge >= 0.3 is 0 Å². The van der Waals surface area contributed by atoms with Crippen LogP contribution in [0.3, 0.4) is 0 Å². The van der Waals surface area contributed by atoms with Crippen molar-refractivity contribution in [2.45, 2.75) is 26.2 Å². The number of amides is 1. The standard InChI is InChI=1S/C22H26Cl2N2O2/c1-15-3-6-18(23)12-20(15)26-10-9-17(14-26)13-25-22(27)8-5-16-4-7-21(28-2)19(24)11-16/h3-4,6-7,11-12,17H,5,8-10,13-14H2,1-2H3,(H,25,27). The fourth-order valence-corrected chi connectivity index (χ4v) is 4.06. The van der Waals surface area contributed by atoms with E-state index < -0.39 is 0 Å². The van der Waals surface area contributed by atoms with Gasteiger partial charge in [0.05, 0.1) is 12.1 Å². The second-order valence-corrected chi connectivity index (χ2v) is 8.15. The number of benzene rings is 2. The van der Waals surface area contributed by atoms with Crippen LogP contribution >= 0.6 is 23.2 Å². The normalized spacial score (nSPS) is 16.3. The number of ether oxygens (including phenoxy) is 1. The number of carbonyl (C=O) groups is 1. The summed E-state index contributed by atoms with van der Waals surface area (Å²) in [7, 11) is 1.59. The molecule has 4 nitrogen and oxygen atoms in total. The summed E-state index contributed by atoms with van der Waals surface area (Å²) in [6, 6.07) is 11.6. The summed E-state index contributed by atoms with van der Waals surface area (Å²) in [5.74, 6) is 1.18. The Morgan fingerprint density at radius 3 is 2.82 bits per heavy atom. The van der Waals surface area contributed by atoms with Crippen molar-refractivity contribution >= 4 is 34.8 Å². The van der Waals surface area contributed by atoms with Crippen molar-refractivity contribution in [3.63, 3.8) is 0 Å². The van der Waals surface area contributed by atoms with E-state index in [1.54, 1.807) is 7.11 Å². The third-order valence-electron chi connectivity index (χ3n) is 5.24. The molecule has 1 unspecified atom stereocenters. The molecule has 0 bridgehead atoms. The third-order valence-corrected chi connectivity index (χ3v) is 5.77. The van der Waals surface area contributed by atoms with Crippen LogP contribution in [0.15, 0.2) is 36.4 Å². The van der Waals surface area contributed by atoms with E-state index in [0.29, 0.717) is 36.1 Å². The first-order chi connectivity index (χ1) is 13.5. The molecule has 150 valence electrons. The van der Waals surface area contributed by atoms with Gasteiger partial charge in [-0.05, 0) is 61.1 Å². The molecule has 1 fully saturated rings. The van der Waals surface area contributed by atoms with Gasteiger partial charge in [-0.1, -0.05) is 35.3 Å². The topological polar surface area (TPSA) is 41.6 Å². The fourth-order valence-electron chi connectivity index (χ4n) is 3.61. The minimum atomic E-state index is 0.0735. The lowest BCUT2D eigenvalue weighted by molar-refractivity contribution is -0.121. The van der Waals surface area contributed by atoms with E-state index in [4.69, 9.17) is 27.9 Å². The summed E-state index contributed by atoms with van der Waals surface area (Å²) in [4.78, 5) is 14.6. The van der Waals surface area contributed by atoms with Crippen LogP contribution in [-0.2, 0) is 11.2 Å². The van der Waals surface area contributed by atoms with Crippen LogP contribution in [0, 0.1) is 12.8 Å². The number of hydrogen-bond donors (Lipinski definition) is 1. The van der Waals surface area contributed by atoms with Crippen LogP contribution in [0.25, 0.3) is 0 Å². The summed E-state index contributed by atoms with van der Waals surface area (Å²) in [5.41, 5.74) is 3.45. The number of carbonyl (C=O) groups excluding carboxylic acids is 1. The summed E-state index contributed by atoms with van der Waals surface area (Å²) < 4.78 is 5.15. The van der Waals surface area contributed by atoms with Crippen LogP contribution in [0.2, 0.25) is 10.0 Å². The summed E-state index contributed by atoms with van der Waals surface area (Å²) in [6.07, 6.45) is 2.18. The number of halogens is 2. The SMILES string of the molecule is COc1ccc(CCC(=O)NCC2CCN(c3cc(Cl)ccc3C)C2)cc1Cl. The lowest BCUT2D eigenvalue weighted by Crippen LogP contribution is -2.31. The number of nitrogens with one attached hydrogen (secondary N) is 1. The van der Waals surface area contributed by atoms with Gasteiger partial charge in [0.25, 0.3) is 0 Å². The van der Waals surface area contributed by atoms with Crippen LogP contribution in [-0.4, -0.2) is 32.7 Å². The van der Waals surface area contributed by atoms with Gasteiger partial charge in [0.1, 0.15) is 5.75 Å². The number of rotatable bonds is 7. The highest BCUT2D eigenvalue weighted by atomic mass is 35.5. The van der Waals surface area contributed by atoms with Crippen molar-refractivity contribution in [2.75, 3.05) is 31.6 Å². The molecule has 0 radical (unpaired) electrons. The second-order valence-electron chi connectivity index (χ2n) is 7.30. The van der Waals surface area contributed by atoms with Gasteiger partial charge in [-0.25, -0.2) is 0 Å². The summed E-state index contributed by atoms with van der Waals surface area (Å²) >= 11 is 12.3. The highest BCUT2D eigenvalue weighted by Gasteiger charge is 2.24. The summed E-state index contributed by atoms with van der Waals surface area (Å²) in [6.45, 7) is 4.74. The van der Waals surface area contributed by atoms with Crippen molar-refractivity contribution in [2.24, 2.45) is 5.92 Å². The van der Waals surface area contributed by atoms with Crippen molar-refractivity contribution in [1.82, 2.24) is 5.32 Å². The Morgan fingerprint density at radius 2 is 2.07 bits per heavy atom. The molecule has 0 aliphatic carbocycles. The Bertz CT molecular complexity index is 841. The van der Waals surface area contributed by atoms with E-state index >= 15 is 0 Å². The predicted octanol–water partition coefficient (Wildman–Crippen LogP) is 4.89. The number of anilines is 1. The number of nitrogens with zero attached hydrogens (tertiary/aromatic N) is 1. The molecular weight excluding hydrogens is 395 g/mol. The molecule has 1 aliphatic rings. The van der Waals surface area contributed by atoms with Crippen LogP contribution < -0.4 is 15.0 Å². The quantitative estimate of drug-likeness (QED) is 0.693. The van der Waals surface area contributed by atoms with E-state index in [1.165, 1.54) is 11.3 Å². The van der Waals surface area contributed by atoms with Crippen LogP contribution in [0.4, 0.5) is 5.69 Å². The third kappa shape index (κ3) is 5.33. The first-order valence-corrected chi connectivity index (χ1v) is 10.3. The van der Waals surface area contributed by atoms with E-state index in [-0.39, 0.29) is 5.91 Å². The van der Waals surface area contributed by atoms with Crippen LogP contribution in [0.5, 0.6) is 5.75 Å². The first-order valence-electron chi connectivity index (χ1n) is 9.56. The Hall–Kier alpha value is -1.91. The van der Waals surface area contributed by atoms with Gasteiger partial charge in [0.15, 0.2) is 0 Å². The number of aryl methyl sites for hydroxylation is 2. The molecule has 6 heteroatoms. The van der Waals surface area contributed by atoms with Crippen molar-refractivity contribution < 1.29 is 9.53 Å². The zero-order valence-corrected chi connectivity index (χ0v) is 17.8. The van der Waals surface area contributed by atoms with E-state index in [2.05, 4.69) is 23.2 Å². The first kappa shape index (κ1) is 20.8. The molecule has 0 saturated carbocycles. The van der Waals surface area contributed by atoms with E-state index in [0.717, 1.165) is 30.1 Å². The Morgan fingerprint density at radius 1 is 1.25 bits per heavy atom. The minimum absolute atomic E-state index is 0.0735. The molecule has 1 N–H and O–H groups in total. The van der Waals surface area contributed by atoms with Crippen molar-refractivity contribution in [3.8, 4) is 5.75 Å². The maximum atomic E-state index is 12.2. The molecule has 1 aliphatic heterocycles. The largest absolute Gasteiger partial charge is 0.495 e. The van der Waals surface area contributed by atoms with Crippen molar-refractivity contribution in [1.29, 1.82) is 0 Å². The monoisotopic (exact) mass is 420 g/mol. The maximum Gasteiger partial charge on any atom is 0.220 e. The molecular formula is C22H26Cl2N2O2. The van der Waals surface area contributed by atoms with E-state index in [1.807, 2.05) is 30.3 Å². The lowest BCUT2D eigenvalue weighted by atomic mass is 10.1. The molecule has 1 atom stereocenters. The molecule has 1 heterocycles. The molecule has 2 aromatic carbocycles. The highest BCUT2D eigenvalue weighted by Crippen LogP contribution is 2.29. The Kier molecular flexibility index (Phi) is 7.08. The minimum Gasteiger partial charge on any atom is -0.495 e. The molecule has 0 aromatic heterocycles. The average Bonchev–Trinajstić information content (AvgIpc) is 3.15. The zero-order chi connectivity index (χ0) is 20.1. The Balaban J connectivity index is 1.44. The van der Waals surface area contributed by atoms with Gasteiger partial charge in [0.2, 0.25) is 5.91 Å². The molecule has 0 spiro atoms. The lowest BCUT2D eigenvalue weighted by Gasteiger charge is -2.21. The predicted molar refractivity (Wildman–Crippen MR) is 116 cm³/mol. The number of methoxy groups -OCH3 is 1. The van der Waals surface area contributed by atoms with Gasteiger partial charge in [-0.2, -0.15) is 0 Å². The zero-order valence-electron chi connectivity index (χ0n) is 16.3. The summed E-state index contributed by atoms with van der Waals surface area (Å²) in [5, 5.41) is 4.41. The van der Waals surface area contributed by atoms with Gasteiger partial charge in [-0.3, -0.25) is 4.79 Å². The highest BCUT2D eigenvalue weighted by molar-refractivity contribution is 6.32. The second kappa shape index (κ2) is 9.53. The molecule has 28 heavy (non-hydrogen) atoms.